The molecule has 1 unspecified atom stereocenters. The minimum atomic E-state index is -3.75. The van der Waals surface area contributed by atoms with Crippen LogP contribution in [0.1, 0.15) is 19.7 Å². The summed E-state index contributed by atoms with van der Waals surface area (Å²) >= 11 is 0. The fourth-order valence-corrected chi connectivity index (χ4v) is 6.75. The quantitative estimate of drug-likeness (QED) is 0.507. The molecule has 1 spiro atoms. The molecular weight excluding hydrogens is 504 g/mol. The van der Waals surface area contributed by atoms with E-state index in [4.69, 9.17) is 9.73 Å². The van der Waals surface area contributed by atoms with E-state index in [1.54, 1.807) is 32.3 Å². The summed E-state index contributed by atoms with van der Waals surface area (Å²) in [5.41, 5.74) is 1.02. The third kappa shape index (κ3) is 3.62. The van der Waals surface area contributed by atoms with Crippen molar-refractivity contribution in [3.63, 3.8) is 0 Å². The van der Waals surface area contributed by atoms with Crippen molar-refractivity contribution >= 4 is 27.6 Å². The average Bonchev–Trinajstić information content (AvgIpc) is 2.91. The Labute approximate surface area is 211 Å². The Morgan fingerprint density at radius 3 is 2.54 bits per heavy atom. The second-order valence-corrected chi connectivity index (χ2v) is 11.9. The van der Waals surface area contributed by atoms with Crippen LogP contribution in [0.4, 0.5) is 20.2 Å². The summed E-state index contributed by atoms with van der Waals surface area (Å²) in [6.45, 7) is 0.549. The standard InChI is InChI=1S/C25H24F2N5O4S/c1-25(2,33)23-28-10-16(11-29-23)14-7-8-17-15(9-14)12-32-13-18(30-17)22(32)31(37(3,34)35)19-5-4-6-20(21(19)32)36-24(26)27/h4-12,18,22,24,33H,13H2,1-3H3/q+1/t18-,22?,32+/m1/s1. The van der Waals surface area contributed by atoms with Crippen molar-refractivity contribution in [1.29, 1.82) is 0 Å². The zero-order valence-corrected chi connectivity index (χ0v) is 21.0. The van der Waals surface area contributed by atoms with Gasteiger partial charge in [-0.1, -0.05) is 12.1 Å². The Kier molecular flexibility index (Phi) is 5.01. The molecule has 1 aromatic heterocycles. The second kappa shape index (κ2) is 7.76. The highest BCUT2D eigenvalue weighted by atomic mass is 32.2. The molecule has 6 rings (SSSR count). The van der Waals surface area contributed by atoms with Crippen LogP contribution in [0.25, 0.3) is 17.3 Å². The Bertz CT molecular complexity index is 1660. The van der Waals surface area contributed by atoms with Crippen LogP contribution in [0, 0.1) is 0 Å². The molecule has 0 radical (unpaired) electrons. The van der Waals surface area contributed by atoms with E-state index in [-0.39, 0.29) is 16.3 Å². The van der Waals surface area contributed by atoms with Crippen molar-refractivity contribution in [3.05, 3.63) is 65.2 Å². The Morgan fingerprint density at radius 1 is 1.16 bits per heavy atom. The summed E-state index contributed by atoms with van der Waals surface area (Å²) in [6.07, 6.45) is 5.59. The zero-order valence-electron chi connectivity index (χ0n) is 20.2. The molecule has 9 nitrogen and oxygen atoms in total. The number of rotatable bonds is 5. The third-order valence-corrected chi connectivity index (χ3v) is 8.11. The van der Waals surface area contributed by atoms with Gasteiger partial charge in [0, 0.05) is 18.0 Å². The molecule has 2 bridgehead atoms. The van der Waals surface area contributed by atoms with E-state index in [2.05, 4.69) is 9.97 Å². The molecule has 3 aromatic rings. The molecule has 3 atom stereocenters. The van der Waals surface area contributed by atoms with Crippen LogP contribution in [0.2, 0.25) is 0 Å². The number of hydrogen-bond acceptors (Lipinski definition) is 7. The first-order valence-corrected chi connectivity index (χ1v) is 13.4. The average molecular weight is 529 g/mol. The van der Waals surface area contributed by atoms with Gasteiger partial charge in [-0.2, -0.15) is 8.78 Å². The number of para-hydroxylation sites is 1. The number of fused-ring (bicyclic) bond motifs is 4. The number of sulfonamides is 1. The number of aliphatic hydroxyl groups is 1. The fraction of sp³-hybridized carbons (Fsp3) is 0.320. The van der Waals surface area contributed by atoms with Gasteiger partial charge >= 0.3 is 6.61 Å². The molecule has 1 N–H and O–H groups in total. The fourth-order valence-electron chi connectivity index (χ4n) is 5.54. The predicted octanol–water partition coefficient (Wildman–Crippen LogP) is 1.84. The van der Waals surface area contributed by atoms with Crippen molar-refractivity contribution in [3.8, 4) is 16.9 Å². The second-order valence-electron chi connectivity index (χ2n) is 10.0. The molecule has 0 saturated carbocycles. The lowest BCUT2D eigenvalue weighted by atomic mass is 10.0. The van der Waals surface area contributed by atoms with Crippen LogP contribution >= 0.6 is 0 Å². The first-order chi connectivity index (χ1) is 17.4. The highest BCUT2D eigenvalue weighted by molar-refractivity contribution is 7.92. The minimum Gasteiger partial charge on any atom is -0.428 e. The van der Waals surface area contributed by atoms with E-state index in [1.165, 1.54) is 16.4 Å². The van der Waals surface area contributed by atoms with Crippen LogP contribution in [-0.2, 0) is 15.6 Å². The summed E-state index contributed by atoms with van der Waals surface area (Å²) in [5, 5.41) is 11.5. The van der Waals surface area contributed by atoms with E-state index in [1.807, 2.05) is 24.4 Å². The van der Waals surface area contributed by atoms with Gasteiger partial charge in [0.15, 0.2) is 17.6 Å². The number of quaternary nitrogens is 1. The highest BCUT2D eigenvalue weighted by Crippen LogP contribution is 2.58. The number of nitrogens with zero attached hydrogens (tertiary/aromatic N) is 5. The first kappa shape index (κ1) is 23.9. The van der Waals surface area contributed by atoms with Gasteiger partial charge in [0.2, 0.25) is 21.9 Å². The Hall–Kier alpha value is -3.48. The topological polar surface area (TPSA) is 105 Å². The summed E-state index contributed by atoms with van der Waals surface area (Å²) in [6, 6.07) is 9.79. The smallest absolute Gasteiger partial charge is 0.387 e. The van der Waals surface area contributed by atoms with Gasteiger partial charge in [-0.25, -0.2) is 27.2 Å². The van der Waals surface area contributed by atoms with Crippen molar-refractivity contribution in [1.82, 2.24) is 14.5 Å². The van der Waals surface area contributed by atoms with Crippen LogP contribution in [0.15, 0.2) is 53.8 Å². The number of ether oxygens (including phenoxy) is 1. The molecule has 3 aliphatic heterocycles. The van der Waals surface area contributed by atoms with Crippen molar-refractivity contribution < 1.29 is 27.0 Å². The van der Waals surface area contributed by atoms with Crippen molar-refractivity contribution in [2.45, 2.75) is 38.3 Å². The molecule has 1 saturated heterocycles. The highest BCUT2D eigenvalue weighted by Gasteiger charge is 2.68. The molecular formula is C25H24F2N5O4S+. The monoisotopic (exact) mass is 528 g/mol. The molecule has 37 heavy (non-hydrogen) atoms. The van der Waals surface area contributed by atoms with Gasteiger partial charge in [-0.05, 0) is 43.7 Å². The van der Waals surface area contributed by atoms with Crippen LogP contribution in [-0.4, -0.2) is 55.1 Å². The summed E-state index contributed by atoms with van der Waals surface area (Å²) in [7, 11) is -3.75. The van der Waals surface area contributed by atoms with E-state index in [0.29, 0.717) is 34.7 Å². The first-order valence-electron chi connectivity index (χ1n) is 11.6. The molecule has 0 amide bonds. The summed E-state index contributed by atoms with van der Waals surface area (Å²) < 4.78 is 58.6. The van der Waals surface area contributed by atoms with Gasteiger partial charge < -0.3 is 9.84 Å². The van der Waals surface area contributed by atoms with Gasteiger partial charge in [-0.15, -0.1) is 0 Å². The number of alkyl halides is 2. The Balaban J connectivity index is 1.54. The number of aromatic nitrogens is 2. The minimum absolute atomic E-state index is 0.00402. The Morgan fingerprint density at radius 2 is 1.89 bits per heavy atom. The maximum Gasteiger partial charge on any atom is 0.387 e. The zero-order chi connectivity index (χ0) is 26.3. The van der Waals surface area contributed by atoms with E-state index < -0.39 is 28.4 Å². The number of halogens is 2. The van der Waals surface area contributed by atoms with E-state index in [0.717, 1.165) is 17.0 Å². The number of benzene rings is 2. The molecule has 0 aliphatic carbocycles. The molecule has 3 aliphatic rings. The number of hydrogen-bond donors (Lipinski definition) is 1. The molecule has 4 heterocycles. The maximum absolute atomic E-state index is 13.3. The van der Waals surface area contributed by atoms with Gasteiger partial charge in [-0.3, -0.25) is 4.99 Å². The largest absolute Gasteiger partial charge is 0.428 e. The van der Waals surface area contributed by atoms with Crippen molar-refractivity contribution in [2.75, 3.05) is 17.1 Å². The van der Waals surface area contributed by atoms with Crippen molar-refractivity contribution in [2.24, 2.45) is 4.99 Å². The van der Waals surface area contributed by atoms with Gasteiger partial charge in [0.05, 0.1) is 16.8 Å². The van der Waals surface area contributed by atoms with Gasteiger partial charge in [0.1, 0.15) is 24.0 Å². The predicted molar refractivity (Wildman–Crippen MR) is 133 cm³/mol. The molecule has 12 heteroatoms. The number of anilines is 1. The van der Waals surface area contributed by atoms with Gasteiger partial charge in [0.25, 0.3) is 0 Å². The van der Waals surface area contributed by atoms with Crippen LogP contribution < -0.4 is 24.1 Å². The summed E-state index contributed by atoms with van der Waals surface area (Å²) in [4.78, 5) is 13.4. The SMILES string of the molecule is CC(C)(O)c1ncc(-c2ccc3c(c2)=C[N@@+]24C[C@@H](N=3)C2N(S(C)(=O)=O)c2cccc(OC(F)F)c24)cn1. The molecule has 2 aromatic carbocycles. The van der Waals surface area contributed by atoms with Crippen LogP contribution in [0.3, 0.4) is 0 Å². The van der Waals surface area contributed by atoms with Crippen LogP contribution in [0.5, 0.6) is 5.75 Å². The lowest BCUT2D eigenvalue weighted by Crippen LogP contribution is -2.74. The molecule has 1 fully saturated rings. The third-order valence-electron chi connectivity index (χ3n) is 6.98. The summed E-state index contributed by atoms with van der Waals surface area (Å²) in [5.74, 6) is 0.232. The maximum atomic E-state index is 13.3. The molecule has 192 valence electrons. The lowest BCUT2D eigenvalue weighted by Gasteiger charge is -2.49. The lowest BCUT2D eigenvalue weighted by molar-refractivity contribution is -0.0505. The van der Waals surface area contributed by atoms with E-state index >= 15 is 0 Å². The van der Waals surface area contributed by atoms with E-state index in [9.17, 15) is 22.3 Å². The normalized spacial score (nSPS) is 23.7.